The van der Waals surface area contributed by atoms with Crippen molar-refractivity contribution in [3.05, 3.63) is 52.8 Å². The van der Waals surface area contributed by atoms with Crippen LogP contribution in [0.3, 0.4) is 0 Å². The zero-order valence-corrected chi connectivity index (χ0v) is 22.9. The van der Waals surface area contributed by atoms with E-state index in [4.69, 9.17) is 4.74 Å². The number of halogens is 1. The second-order valence-electron chi connectivity index (χ2n) is 10.8. The Morgan fingerprint density at radius 1 is 0.861 bits per heavy atom. The molecule has 0 saturated heterocycles. The molecule has 1 saturated carbocycles. The Balaban J connectivity index is 1.69. The van der Waals surface area contributed by atoms with E-state index in [1.165, 1.54) is 89.7 Å². The van der Waals surface area contributed by atoms with Gasteiger partial charge in [-0.25, -0.2) is 4.39 Å². The molecule has 1 aliphatic carbocycles. The van der Waals surface area contributed by atoms with Gasteiger partial charge in [-0.15, -0.1) is 0 Å². The molecule has 0 N–H and O–H groups in total. The summed E-state index contributed by atoms with van der Waals surface area (Å²) < 4.78 is 21.0. The lowest BCUT2D eigenvalue weighted by Crippen LogP contribution is -2.13. The van der Waals surface area contributed by atoms with Crippen molar-refractivity contribution in [2.45, 2.75) is 116 Å². The lowest BCUT2D eigenvalue weighted by molar-refractivity contribution is 0.304. The highest BCUT2D eigenvalue weighted by atomic mass is 19.1. The molecule has 0 heterocycles. The molecule has 0 bridgehead atoms. The quantitative estimate of drug-likeness (QED) is 0.246. The molecule has 0 spiro atoms. The third-order valence-corrected chi connectivity index (χ3v) is 8.17. The first-order chi connectivity index (χ1) is 17.6. The lowest BCUT2D eigenvalue weighted by atomic mass is 9.76. The summed E-state index contributed by atoms with van der Waals surface area (Å²) in [6.07, 6.45) is 18.1. The maximum absolute atomic E-state index is 15.4. The van der Waals surface area contributed by atoms with Gasteiger partial charge in [-0.3, -0.25) is 0 Å². The highest BCUT2D eigenvalue weighted by Gasteiger charge is 2.24. The fourth-order valence-corrected chi connectivity index (χ4v) is 5.89. The number of methoxy groups -OCH3 is 1. The van der Waals surface area contributed by atoms with Gasteiger partial charge in [0.05, 0.1) is 18.7 Å². The Labute approximate surface area is 219 Å². The minimum absolute atomic E-state index is 0.260. The van der Waals surface area contributed by atoms with Crippen LogP contribution in [-0.4, -0.2) is 7.11 Å². The van der Waals surface area contributed by atoms with Gasteiger partial charge in [-0.05, 0) is 67.6 Å². The van der Waals surface area contributed by atoms with E-state index in [1.54, 1.807) is 0 Å². The molecule has 0 aromatic heterocycles. The zero-order valence-electron chi connectivity index (χ0n) is 22.9. The van der Waals surface area contributed by atoms with E-state index < -0.39 is 0 Å². The van der Waals surface area contributed by atoms with Crippen molar-refractivity contribution in [1.82, 2.24) is 0 Å². The maximum Gasteiger partial charge on any atom is 0.168 e. The molecule has 196 valence electrons. The molecule has 2 aromatic carbocycles. The maximum atomic E-state index is 15.4. The highest BCUT2D eigenvalue weighted by Crippen LogP contribution is 2.41. The number of hydrogen-bond donors (Lipinski definition) is 0. The molecule has 1 aliphatic rings. The minimum Gasteiger partial charge on any atom is -0.493 e. The second-order valence-corrected chi connectivity index (χ2v) is 10.8. The van der Waals surface area contributed by atoms with Gasteiger partial charge in [0, 0.05) is 11.1 Å². The van der Waals surface area contributed by atoms with Gasteiger partial charge in [-0.1, -0.05) is 95.9 Å². The van der Waals surface area contributed by atoms with Crippen LogP contribution in [0.25, 0.3) is 11.1 Å². The first-order valence-corrected chi connectivity index (χ1v) is 14.5. The van der Waals surface area contributed by atoms with Crippen LogP contribution in [-0.2, 0) is 6.42 Å². The third-order valence-electron chi connectivity index (χ3n) is 8.17. The van der Waals surface area contributed by atoms with E-state index in [0.717, 1.165) is 30.7 Å². The minimum atomic E-state index is -0.278. The number of ether oxygens (including phenoxy) is 1. The van der Waals surface area contributed by atoms with Crippen molar-refractivity contribution < 1.29 is 9.13 Å². The first kappa shape index (κ1) is 28.2. The van der Waals surface area contributed by atoms with Crippen LogP contribution in [0, 0.1) is 23.1 Å². The van der Waals surface area contributed by atoms with E-state index in [0.29, 0.717) is 22.6 Å². The summed E-state index contributed by atoms with van der Waals surface area (Å²) in [7, 11) is 1.52. The monoisotopic (exact) mass is 491 g/mol. The van der Waals surface area contributed by atoms with Gasteiger partial charge >= 0.3 is 0 Å². The lowest BCUT2D eigenvalue weighted by Gasteiger charge is -2.29. The predicted octanol–water partition coefficient (Wildman–Crippen LogP) is 10.1. The highest BCUT2D eigenvalue weighted by molar-refractivity contribution is 5.77. The van der Waals surface area contributed by atoms with E-state index >= 15 is 4.39 Å². The number of aryl methyl sites for hydroxylation is 1. The zero-order chi connectivity index (χ0) is 25.8. The number of rotatable bonds is 14. The molecule has 0 atom stereocenters. The molecule has 0 aliphatic heterocycles. The predicted molar refractivity (Wildman–Crippen MR) is 149 cm³/mol. The van der Waals surface area contributed by atoms with Crippen LogP contribution >= 0.6 is 0 Å². The second kappa shape index (κ2) is 15.0. The molecule has 36 heavy (non-hydrogen) atoms. The average Bonchev–Trinajstić information content (AvgIpc) is 2.92. The Morgan fingerprint density at radius 2 is 1.53 bits per heavy atom. The van der Waals surface area contributed by atoms with Crippen molar-refractivity contribution in [1.29, 1.82) is 5.26 Å². The third kappa shape index (κ3) is 7.58. The van der Waals surface area contributed by atoms with Crippen LogP contribution in [0.2, 0.25) is 0 Å². The van der Waals surface area contributed by atoms with Gasteiger partial charge in [-0.2, -0.15) is 5.26 Å². The molecule has 0 unspecified atom stereocenters. The van der Waals surface area contributed by atoms with E-state index in [-0.39, 0.29) is 11.6 Å². The van der Waals surface area contributed by atoms with E-state index in [2.05, 4.69) is 26.0 Å². The van der Waals surface area contributed by atoms with Crippen molar-refractivity contribution >= 4 is 0 Å². The van der Waals surface area contributed by atoms with Gasteiger partial charge in [0.15, 0.2) is 11.6 Å². The van der Waals surface area contributed by atoms with Crippen molar-refractivity contribution in [2.24, 2.45) is 5.92 Å². The van der Waals surface area contributed by atoms with Crippen LogP contribution in [0.15, 0.2) is 30.3 Å². The summed E-state index contributed by atoms with van der Waals surface area (Å²) in [5.74, 6) is 1.37. The molecule has 1 fully saturated rings. The number of nitrogens with zero attached hydrogens (tertiary/aromatic N) is 1. The smallest absolute Gasteiger partial charge is 0.168 e. The van der Waals surface area contributed by atoms with Crippen LogP contribution in [0.5, 0.6) is 5.75 Å². The van der Waals surface area contributed by atoms with Crippen LogP contribution < -0.4 is 4.74 Å². The summed E-state index contributed by atoms with van der Waals surface area (Å²) in [4.78, 5) is 0. The van der Waals surface area contributed by atoms with Gasteiger partial charge in [0.2, 0.25) is 0 Å². The number of benzene rings is 2. The van der Waals surface area contributed by atoms with E-state index in [9.17, 15) is 5.26 Å². The first-order valence-electron chi connectivity index (χ1n) is 14.5. The molecule has 3 heteroatoms. The number of nitriles is 1. The fraction of sp³-hybridized carbons (Fsp3) is 0.606. The van der Waals surface area contributed by atoms with E-state index in [1.807, 2.05) is 24.3 Å². The van der Waals surface area contributed by atoms with Crippen LogP contribution in [0.1, 0.15) is 126 Å². The molecular formula is C33H46FNO. The Morgan fingerprint density at radius 3 is 2.19 bits per heavy atom. The molecule has 2 nitrogen and oxygen atoms in total. The Hall–Kier alpha value is -2.34. The standard InChI is InChI=1S/C33H46FNO/c1-4-6-8-9-10-11-12-14-27-19-22-31(33(36-3)32(27)34)30-21-20-28(23-29(30)24-35)26-17-15-25(16-18-26)13-7-5-2/h19-23,25-26H,4-18H2,1-3H3. The normalized spacial score (nSPS) is 17.6. The summed E-state index contributed by atoms with van der Waals surface area (Å²) in [5, 5.41) is 9.97. The Kier molecular flexibility index (Phi) is 11.8. The molecular weight excluding hydrogens is 445 g/mol. The Bertz CT molecular complexity index is 984. The average molecular weight is 492 g/mol. The van der Waals surface area contributed by atoms with Gasteiger partial charge in [0.25, 0.3) is 0 Å². The summed E-state index contributed by atoms with van der Waals surface area (Å²) in [6, 6.07) is 12.4. The molecule has 0 amide bonds. The summed E-state index contributed by atoms with van der Waals surface area (Å²) in [5.41, 5.74) is 4.00. The topological polar surface area (TPSA) is 33.0 Å². The van der Waals surface area contributed by atoms with Crippen molar-refractivity contribution in [3.8, 4) is 22.9 Å². The van der Waals surface area contributed by atoms with Crippen molar-refractivity contribution in [3.63, 3.8) is 0 Å². The molecule has 3 rings (SSSR count). The SMILES string of the molecule is CCCCCCCCCc1ccc(-c2ccc(C3CCC(CCCC)CC3)cc2C#N)c(OC)c1F. The van der Waals surface area contributed by atoms with Crippen molar-refractivity contribution in [2.75, 3.05) is 7.11 Å². The summed E-state index contributed by atoms with van der Waals surface area (Å²) in [6.45, 7) is 4.50. The molecule has 2 aromatic rings. The number of unbranched alkanes of at least 4 members (excludes halogenated alkanes) is 7. The van der Waals surface area contributed by atoms with Gasteiger partial charge < -0.3 is 4.74 Å². The van der Waals surface area contributed by atoms with Gasteiger partial charge in [0.1, 0.15) is 0 Å². The fourth-order valence-electron chi connectivity index (χ4n) is 5.89. The summed E-state index contributed by atoms with van der Waals surface area (Å²) >= 11 is 0. The molecule has 0 radical (unpaired) electrons. The number of hydrogen-bond acceptors (Lipinski definition) is 2. The van der Waals surface area contributed by atoms with Crippen LogP contribution in [0.4, 0.5) is 4.39 Å². The largest absolute Gasteiger partial charge is 0.493 e.